The Kier molecular flexibility index (Phi) is 5.83. The number of hydrogen-bond acceptors (Lipinski definition) is 7. The number of ether oxygens (including phenoxy) is 2. The Hall–Kier alpha value is -4.53. The molecule has 150 valence electrons. The fourth-order valence-electron chi connectivity index (χ4n) is 2.50. The largest absolute Gasteiger partial charge is 0.477 e. The van der Waals surface area contributed by atoms with Crippen LogP contribution in [0.15, 0.2) is 72.8 Å². The van der Waals surface area contributed by atoms with Gasteiger partial charge in [-0.1, -0.05) is 36.4 Å². The van der Waals surface area contributed by atoms with Crippen LogP contribution < -0.4 is 9.47 Å². The van der Waals surface area contributed by atoms with Crippen molar-refractivity contribution in [3.05, 3.63) is 99.6 Å². The minimum absolute atomic E-state index is 0.141. The number of hydrogen-bond donors (Lipinski definition) is 1. The smallest absolute Gasteiger partial charge is 0.343 e. The Bertz CT molecular complexity index is 1040. The molecule has 3 aromatic carbocycles. The summed E-state index contributed by atoms with van der Waals surface area (Å²) in [5, 5.41) is 20.6. The molecule has 1 N–H and O–H groups in total. The van der Waals surface area contributed by atoms with Gasteiger partial charge in [0.05, 0.1) is 22.1 Å². The van der Waals surface area contributed by atoms with Crippen molar-refractivity contribution in [3.8, 4) is 11.5 Å². The second-order valence-electron chi connectivity index (χ2n) is 5.89. The Morgan fingerprint density at radius 1 is 0.767 bits per heavy atom. The molecule has 3 rings (SSSR count). The Morgan fingerprint density at radius 2 is 1.20 bits per heavy atom. The molecular formula is C21H13NO8. The normalized spacial score (nSPS) is 10.1. The molecule has 0 bridgehead atoms. The number of esters is 2. The SMILES string of the molecule is O=C(Oc1cc(C(=O)O)c([N+](=O)[O-])cc1OC(=O)c1ccccc1)c1ccccc1. The molecule has 0 saturated carbocycles. The van der Waals surface area contributed by atoms with Crippen molar-refractivity contribution >= 4 is 23.6 Å². The number of rotatable bonds is 6. The highest BCUT2D eigenvalue weighted by Gasteiger charge is 2.27. The lowest BCUT2D eigenvalue weighted by Crippen LogP contribution is -2.14. The van der Waals surface area contributed by atoms with Crippen molar-refractivity contribution in [2.45, 2.75) is 0 Å². The number of carbonyl (C=O) groups excluding carboxylic acids is 2. The molecule has 0 fully saturated rings. The van der Waals surface area contributed by atoms with Gasteiger partial charge in [0.25, 0.3) is 5.69 Å². The van der Waals surface area contributed by atoms with Gasteiger partial charge in [-0.25, -0.2) is 14.4 Å². The van der Waals surface area contributed by atoms with Gasteiger partial charge in [0, 0.05) is 6.07 Å². The topological polar surface area (TPSA) is 133 Å². The summed E-state index contributed by atoms with van der Waals surface area (Å²) < 4.78 is 10.4. The molecular weight excluding hydrogens is 394 g/mol. The summed E-state index contributed by atoms with van der Waals surface area (Å²) in [6.07, 6.45) is 0. The van der Waals surface area contributed by atoms with E-state index in [1.54, 1.807) is 36.4 Å². The predicted octanol–water partition coefficient (Wildman–Crippen LogP) is 3.73. The van der Waals surface area contributed by atoms with E-state index in [9.17, 15) is 29.6 Å². The minimum Gasteiger partial charge on any atom is -0.477 e. The molecule has 0 aromatic heterocycles. The first-order chi connectivity index (χ1) is 14.4. The van der Waals surface area contributed by atoms with E-state index in [4.69, 9.17) is 9.47 Å². The summed E-state index contributed by atoms with van der Waals surface area (Å²) in [4.78, 5) is 46.5. The summed E-state index contributed by atoms with van der Waals surface area (Å²) in [5.74, 6) is -4.26. The maximum absolute atomic E-state index is 12.4. The van der Waals surface area contributed by atoms with E-state index in [0.29, 0.717) is 0 Å². The van der Waals surface area contributed by atoms with Gasteiger partial charge in [0.1, 0.15) is 5.56 Å². The van der Waals surface area contributed by atoms with Crippen LogP contribution in [0.25, 0.3) is 0 Å². The number of aromatic carboxylic acids is 1. The van der Waals surface area contributed by atoms with E-state index in [1.165, 1.54) is 24.3 Å². The highest BCUT2D eigenvalue weighted by atomic mass is 16.6. The van der Waals surface area contributed by atoms with Crippen LogP contribution in [-0.4, -0.2) is 27.9 Å². The van der Waals surface area contributed by atoms with Crippen LogP contribution in [0.2, 0.25) is 0 Å². The average Bonchev–Trinajstić information content (AvgIpc) is 2.75. The number of nitro benzene ring substituents is 1. The Morgan fingerprint density at radius 3 is 1.60 bits per heavy atom. The van der Waals surface area contributed by atoms with Gasteiger partial charge >= 0.3 is 17.9 Å². The number of carbonyl (C=O) groups is 3. The zero-order chi connectivity index (χ0) is 21.7. The predicted molar refractivity (Wildman–Crippen MR) is 103 cm³/mol. The van der Waals surface area contributed by atoms with Crippen LogP contribution in [0, 0.1) is 10.1 Å². The summed E-state index contributed by atoms with van der Waals surface area (Å²) in [7, 11) is 0. The summed E-state index contributed by atoms with van der Waals surface area (Å²) in [6.45, 7) is 0. The highest BCUT2D eigenvalue weighted by molar-refractivity contribution is 5.96. The van der Waals surface area contributed by atoms with Gasteiger partial charge in [-0.15, -0.1) is 0 Å². The third-order valence-electron chi connectivity index (χ3n) is 3.91. The van der Waals surface area contributed by atoms with Crippen LogP contribution in [0.3, 0.4) is 0 Å². The second kappa shape index (κ2) is 8.65. The number of carboxylic acids is 1. The average molecular weight is 407 g/mol. The van der Waals surface area contributed by atoms with Crippen molar-refractivity contribution in [1.82, 2.24) is 0 Å². The van der Waals surface area contributed by atoms with Gasteiger partial charge in [0.2, 0.25) is 0 Å². The molecule has 0 aliphatic rings. The van der Waals surface area contributed by atoms with Crippen molar-refractivity contribution in [1.29, 1.82) is 0 Å². The monoisotopic (exact) mass is 407 g/mol. The first-order valence-electron chi connectivity index (χ1n) is 8.47. The van der Waals surface area contributed by atoms with E-state index in [-0.39, 0.29) is 11.1 Å². The van der Waals surface area contributed by atoms with E-state index in [0.717, 1.165) is 12.1 Å². The lowest BCUT2D eigenvalue weighted by molar-refractivity contribution is -0.385. The molecule has 0 aliphatic heterocycles. The van der Waals surface area contributed by atoms with Crippen molar-refractivity contribution in [3.63, 3.8) is 0 Å². The standard InChI is InChI=1S/C21H13NO8/c23-19(24)15-11-17(29-20(25)13-7-3-1-4-8-13)18(12-16(15)22(27)28)30-21(26)14-9-5-2-6-10-14/h1-12H,(H,23,24). The maximum atomic E-state index is 12.4. The lowest BCUT2D eigenvalue weighted by Gasteiger charge is -2.12. The molecule has 0 spiro atoms. The Labute approximate surface area is 169 Å². The molecule has 0 radical (unpaired) electrons. The van der Waals surface area contributed by atoms with Crippen LogP contribution in [0.4, 0.5) is 5.69 Å². The van der Waals surface area contributed by atoms with Crippen molar-refractivity contribution in [2.24, 2.45) is 0 Å². The van der Waals surface area contributed by atoms with Crippen molar-refractivity contribution < 1.29 is 33.9 Å². The molecule has 9 heteroatoms. The van der Waals surface area contributed by atoms with E-state index in [1.807, 2.05) is 0 Å². The molecule has 3 aromatic rings. The first kappa shape index (κ1) is 20.2. The van der Waals surface area contributed by atoms with E-state index in [2.05, 4.69) is 0 Å². The summed E-state index contributed by atoms with van der Waals surface area (Å²) in [5.41, 5.74) is -1.26. The molecule has 0 saturated heterocycles. The van der Waals surface area contributed by atoms with Crippen LogP contribution in [-0.2, 0) is 0 Å². The third-order valence-corrected chi connectivity index (χ3v) is 3.91. The first-order valence-corrected chi connectivity index (χ1v) is 8.47. The lowest BCUT2D eigenvalue weighted by atomic mass is 10.1. The number of nitrogens with zero attached hydrogens (tertiary/aromatic N) is 1. The van der Waals surface area contributed by atoms with E-state index < -0.39 is 45.6 Å². The fraction of sp³-hybridized carbons (Fsp3) is 0. The minimum atomic E-state index is -1.61. The van der Waals surface area contributed by atoms with Crippen molar-refractivity contribution in [2.75, 3.05) is 0 Å². The number of benzene rings is 3. The van der Waals surface area contributed by atoms with Crippen LogP contribution in [0.5, 0.6) is 11.5 Å². The summed E-state index contributed by atoms with van der Waals surface area (Å²) in [6, 6.07) is 17.0. The number of nitro groups is 1. The van der Waals surface area contributed by atoms with Gasteiger partial charge in [0.15, 0.2) is 11.5 Å². The molecule has 0 unspecified atom stereocenters. The number of carboxylic acid groups (broad SMARTS) is 1. The van der Waals surface area contributed by atoms with Gasteiger partial charge < -0.3 is 14.6 Å². The molecule has 0 heterocycles. The quantitative estimate of drug-likeness (QED) is 0.283. The van der Waals surface area contributed by atoms with Gasteiger partial charge in [-0.05, 0) is 24.3 Å². The molecule has 0 aliphatic carbocycles. The second-order valence-corrected chi connectivity index (χ2v) is 5.89. The van der Waals surface area contributed by atoms with Crippen LogP contribution >= 0.6 is 0 Å². The van der Waals surface area contributed by atoms with Gasteiger partial charge in [-0.2, -0.15) is 0 Å². The maximum Gasteiger partial charge on any atom is 0.343 e. The molecule has 0 amide bonds. The zero-order valence-corrected chi connectivity index (χ0v) is 15.2. The summed E-state index contributed by atoms with van der Waals surface area (Å²) >= 11 is 0. The molecule has 9 nitrogen and oxygen atoms in total. The molecule has 30 heavy (non-hydrogen) atoms. The zero-order valence-electron chi connectivity index (χ0n) is 15.2. The fourth-order valence-corrected chi connectivity index (χ4v) is 2.50. The Balaban J connectivity index is 2.04. The van der Waals surface area contributed by atoms with E-state index >= 15 is 0 Å². The van der Waals surface area contributed by atoms with Gasteiger partial charge in [-0.3, -0.25) is 10.1 Å². The third kappa shape index (κ3) is 4.47. The highest BCUT2D eigenvalue weighted by Crippen LogP contribution is 2.36. The molecule has 0 atom stereocenters. The van der Waals surface area contributed by atoms with Crippen LogP contribution in [0.1, 0.15) is 31.1 Å².